The number of pyridine rings is 3. The number of rotatable bonds is 8. The lowest BCUT2D eigenvalue weighted by molar-refractivity contribution is 0.267. The van der Waals surface area contributed by atoms with Gasteiger partial charge in [0.15, 0.2) is 31.8 Å². The zero-order chi connectivity index (χ0) is 28.5. The first-order valence-corrected chi connectivity index (χ1v) is 15.2. The van der Waals surface area contributed by atoms with Gasteiger partial charge < -0.3 is 23.5 Å². The molecule has 2 aliphatic rings. The van der Waals surface area contributed by atoms with E-state index in [9.17, 15) is 13.6 Å². The molecule has 211 valence electrons. The lowest BCUT2D eigenvalue weighted by Gasteiger charge is -2.39. The van der Waals surface area contributed by atoms with E-state index in [1.54, 1.807) is 19.5 Å². The van der Waals surface area contributed by atoms with Gasteiger partial charge in [-0.2, -0.15) is 4.39 Å². The van der Waals surface area contributed by atoms with Crippen LogP contribution in [0.1, 0.15) is 17.5 Å². The van der Waals surface area contributed by atoms with Crippen LogP contribution in [0, 0.1) is 11.6 Å². The van der Waals surface area contributed by atoms with Crippen LogP contribution in [0.3, 0.4) is 0 Å². The van der Waals surface area contributed by atoms with Crippen molar-refractivity contribution in [2.24, 2.45) is 4.99 Å². The molecule has 1 fully saturated rings. The lowest BCUT2D eigenvalue weighted by Crippen LogP contribution is -2.51. The molecule has 41 heavy (non-hydrogen) atoms. The molecule has 0 N–H and O–H groups in total. The minimum absolute atomic E-state index is 0.131. The third kappa shape index (κ3) is 5.32. The first-order valence-electron chi connectivity index (χ1n) is 13.4. The second-order valence-electron chi connectivity index (χ2n) is 10.1. The second-order valence-corrected chi connectivity index (χ2v) is 12.7. The number of methoxy groups -OCH3 is 1. The van der Waals surface area contributed by atoms with E-state index in [2.05, 4.69) is 31.1 Å². The number of hydrogen-bond acceptors (Lipinski definition) is 8. The summed E-state index contributed by atoms with van der Waals surface area (Å²) in [4.78, 5) is 28.6. The van der Waals surface area contributed by atoms with E-state index in [-0.39, 0.29) is 23.2 Å². The third-order valence-corrected chi connectivity index (χ3v) is 10.5. The number of aliphatic imine (C=N–C) groups is 1. The highest BCUT2D eigenvalue weighted by Gasteiger charge is 2.30. The Kier molecular flexibility index (Phi) is 7.50. The van der Waals surface area contributed by atoms with Gasteiger partial charge in [0.2, 0.25) is 11.7 Å². The molecular formula is C29H29F2N6O3Si. The quantitative estimate of drug-likeness (QED) is 0.230. The Hall–Kier alpha value is -4.16. The summed E-state index contributed by atoms with van der Waals surface area (Å²) in [5, 5.41) is 0.131. The summed E-state index contributed by atoms with van der Waals surface area (Å²) in [6, 6.07) is 9.74. The van der Waals surface area contributed by atoms with E-state index in [0.29, 0.717) is 42.4 Å². The van der Waals surface area contributed by atoms with Crippen molar-refractivity contribution in [2.75, 3.05) is 31.3 Å². The maximum atomic E-state index is 14.5. The minimum Gasteiger partial charge on any atom is -0.486 e. The van der Waals surface area contributed by atoms with E-state index >= 15 is 0 Å². The summed E-state index contributed by atoms with van der Waals surface area (Å²) in [7, 11) is 0.400. The topological polar surface area (TPSA) is 85.1 Å². The molecule has 0 saturated carbocycles. The van der Waals surface area contributed by atoms with E-state index in [1.165, 1.54) is 0 Å². The number of halogens is 2. The van der Waals surface area contributed by atoms with Crippen molar-refractivity contribution in [1.29, 1.82) is 0 Å². The van der Waals surface area contributed by atoms with Crippen molar-refractivity contribution in [3.63, 3.8) is 0 Å². The van der Waals surface area contributed by atoms with Crippen LogP contribution in [0.5, 0.6) is 11.6 Å². The third-order valence-electron chi connectivity index (χ3n) is 7.58. The summed E-state index contributed by atoms with van der Waals surface area (Å²) in [5.74, 6) is -1.25. The van der Waals surface area contributed by atoms with Gasteiger partial charge in [0.05, 0.1) is 36.4 Å². The smallest absolute Gasteiger partial charge is 0.213 e. The van der Waals surface area contributed by atoms with Gasteiger partial charge in [-0.25, -0.2) is 19.4 Å². The highest BCUT2D eigenvalue weighted by Crippen LogP contribution is 2.33. The molecule has 2 aliphatic heterocycles. The standard InChI is InChI=1S/C29H29F2N6O3Si/c1-32-24-5-4-21(14-34-24)36-8-3-11-41(18-36)37(15-19-6-7-33-25(12-19)39-2)17-20-16-35-9-10-40-29-26(31)23(30)13-22(27(29)35)28(20)38/h4-7,12-14,16H,1,3,8-11,15,17-18H2,2H3. The molecule has 0 amide bonds. The molecule has 0 aliphatic carbocycles. The fraction of sp³-hybridized carbons (Fsp3) is 0.310. The fourth-order valence-electron chi connectivity index (χ4n) is 5.56. The van der Waals surface area contributed by atoms with Crippen molar-refractivity contribution in [1.82, 2.24) is 19.1 Å². The molecule has 0 bridgehead atoms. The van der Waals surface area contributed by atoms with Crippen LogP contribution in [0.25, 0.3) is 10.9 Å². The Morgan fingerprint density at radius 1 is 1.20 bits per heavy atom. The Morgan fingerprint density at radius 3 is 2.85 bits per heavy atom. The molecule has 6 rings (SSSR count). The normalized spacial score (nSPS) is 15.3. The predicted octanol–water partition coefficient (Wildman–Crippen LogP) is 4.25. The summed E-state index contributed by atoms with van der Waals surface area (Å²) >= 11 is 0. The van der Waals surface area contributed by atoms with E-state index in [0.717, 1.165) is 42.5 Å². The highest BCUT2D eigenvalue weighted by atomic mass is 28.3. The van der Waals surface area contributed by atoms with Crippen LogP contribution in [-0.4, -0.2) is 61.2 Å². The average Bonchev–Trinajstić information content (AvgIpc) is 3.01. The molecule has 0 atom stereocenters. The maximum absolute atomic E-state index is 14.5. The molecule has 5 heterocycles. The number of ether oxygens (including phenoxy) is 2. The molecule has 0 spiro atoms. The second kappa shape index (κ2) is 11.4. The van der Waals surface area contributed by atoms with Gasteiger partial charge in [-0.1, -0.05) is 0 Å². The minimum atomic E-state index is -1.18. The van der Waals surface area contributed by atoms with Crippen LogP contribution in [0.4, 0.5) is 20.3 Å². The molecule has 1 saturated heterocycles. The number of anilines is 1. The van der Waals surface area contributed by atoms with Crippen LogP contribution >= 0.6 is 0 Å². The van der Waals surface area contributed by atoms with Crippen LogP contribution < -0.4 is 19.8 Å². The van der Waals surface area contributed by atoms with Gasteiger partial charge >= 0.3 is 0 Å². The molecule has 12 heteroatoms. The van der Waals surface area contributed by atoms with E-state index in [4.69, 9.17) is 9.47 Å². The van der Waals surface area contributed by atoms with Crippen molar-refractivity contribution in [3.8, 4) is 11.6 Å². The van der Waals surface area contributed by atoms with E-state index < -0.39 is 20.6 Å². The maximum Gasteiger partial charge on any atom is 0.213 e. The Bertz CT molecular complexity index is 1670. The Morgan fingerprint density at radius 2 is 2.07 bits per heavy atom. The SMILES string of the molecule is C=Nc1ccc(N2CCC[Si](N(Cc3ccnc(OC)c3)Cc3cn4c5c(c(F)c(F)cc5c3=O)OCC4)C2)cn1. The Labute approximate surface area is 237 Å². The Balaban J connectivity index is 1.37. The van der Waals surface area contributed by atoms with Crippen molar-refractivity contribution in [2.45, 2.75) is 32.1 Å². The molecule has 4 aromatic rings. The monoisotopic (exact) mass is 575 g/mol. The van der Waals surface area contributed by atoms with Gasteiger partial charge in [0.1, 0.15) is 6.61 Å². The summed E-state index contributed by atoms with van der Waals surface area (Å²) in [5.41, 5.74) is 2.56. The number of aromatic nitrogens is 3. The molecule has 9 nitrogen and oxygen atoms in total. The highest BCUT2D eigenvalue weighted by molar-refractivity contribution is 6.56. The van der Waals surface area contributed by atoms with Crippen molar-refractivity contribution >= 4 is 38.1 Å². The predicted molar refractivity (Wildman–Crippen MR) is 154 cm³/mol. The molecule has 1 radical (unpaired) electrons. The first kappa shape index (κ1) is 27.0. The van der Waals surface area contributed by atoms with Crippen LogP contribution in [-0.2, 0) is 19.6 Å². The zero-order valence-electron chi connectivity index (χ0n) is 22.6. The lowest BCUT2D eigenvalue weighted by atomic mass is 10.1. The number of benzene rings is 1. The first-order chi connectivity index (χ1) is 19.9. The van der Waals surface area contributed by atoms with Gasteiger partial charge in [0, 0.05) is 49.8 Å². The summed E-state index contributed by atoms with van der Waals surface area (Å²) in [6.45, 7) is 6.04. The number of nitrogens with zero attached hydrogens (tertiary/aromatic N) is 6. The summed E-state index contributed by atoms with van der Waals surface area (Å²) < 4.78 is 43.9. The van der Waals surface area contributed by atoms with Crippen LogP contribution in [0.2, 0.25) is 6.04 Å². The summed E-state index contributed by atoms with van der Waals surface area (Å²) in [6.07, 6.45) is 7.14. The van der Waals surface area contributed by atoms with Gasteiger partial charge in [-0.05, 0) is 49.0 Å². The molecule has 3 aromatic heterocycles. The molecule has 1 aromatic carbocycles. The molecule has 0 unspecified atom stereocenters. The van der Waals surface area contributed by atoms with Gasteiger partial charge in [0.25, 0.3) is 0 Å². The van der Waals surface area contributed by atoms with E-state index in [1.807, 2.05) is 35.0 Å². The molecular weight excluding hydrogens is 546 g/mol. The van der Waals surface area contributed by atoms with Crippen molar-refractivity contribution in [3.05, 3.63) is 81.9 Å². The number of hydrogen-bond donors (Lipinski definition) is 0. The van der Waals surface area contributed by atoms with Crippen molar-refractivity contribution < 1.29 is 18.3 Å². The van der Waals surface area contributed by atoms with Crippen LogP contribution in [0.15, 0.2) is 58.7 Å². The van der Waals surface area contributed by atoms with Gasteiger partial charge in [-0.3, -0.25) is 4.79 Å². The fourth-order valence-corrected chi connectivity index (χ4v) is 8.38. The largest absolute Gasteiger partial charge is 0.486 e. The van der Waals surface area contributed by atoms with Gasteiger partial charge in [-0.15, -0.1) is 0 Å². The average molecular weight is 576 g/mol. The zero-order valence-corrected chi connectivity index (χ0v) is 23.6.